The smallest absolute Gasteiger partial charge is 0.163 e. The van der Waals surface area contributed by atoms with Crippen LogP contribution >= 0.6 is 0 Å². The SMILES string of the molecule is COc1ccc2c(N)c(C(C)=O)c(C)nc2c1. The van der Waals surface area contributed by atoms with E-state index in [1.165, 1.54) is 6.92 Å². The van der Waals surface area contributed by atoms with E-state index in [2.05, 4.69) is 4.98 Å². The summed E-state index contributed by atoms with van der Waals surface area (Å²) in [5.74, 6) is 0.657. The van der Waals surface area contributed by atoms with Crippen LogP contribution in [0.2, 0.25) is 0 Å². The molecule has 0 bridgehead atoms. The van der Waals surface area contributed by atoms with Crippen molar-refractivity contribution in [2.24, 2.45) is 0 Å². The molecule has 0 spiro atoms. The number of nitrogens with two attached hydrogens (primary N) is 1. The van der Waals surface area contributed by atoms with Gasteiger partial charge in [-0.05, 0) is 26.0 Å². The molecular weight excluding hydrogens is 216 g/mol. The molecule has 0 saturated heterocycles. The molecule has 0 unspecified atom stereocenters. The van der Waals surface area contributed by atoms with Crippen LogP contribution in [-0.2, 0) is 0 Å². The maximum Gasteiger partial charge on any atom is 0.163 e. The van der Waals surface area contributed by atoms with Crippen molar-refractivity contribution in [2.75, 3.05) is 12.8 Å². The number of aryl methyl sites for hydroxylation is 1. The molecule has 0 aliphatic rings. The first-order valence-electron chi connectivity index (χ1n) is 5.29. The van der Waals surface area contributed by atoms with Crippen molar-refractivity contribution in [1.82, 2.24) is 4.98 Å². The highest BCUT2D eigenvalue weighted by Gasteiger charge is 2.13. The van der Waals surface area contributed by atoms with E-state index in [0.717, 1.165) is 16.7 Å². The molecule has 0 atom stereocenters. The van der Waals surface area contributed by atoms with E-state index < -0.39 is 0 Å². The monoisotopic (exact) mass is 230 g/mol. The van der Waals surface area contributed by atoms with E-state index in [4.69, 9.17) is 10.5 Å². The Hall–Kier alpha value is -2.10. The second-order valence-corrected chi connectivity index (χ2v) is 3.93. The van der Waals surface area contributed by atoms with Gasteiger partial charge in [0.2, 0.25) is 0 Å². The van der Waals surface area contributed by atoms with Crippen LogP contribution < -0.4 is 10.5 Å². The molecule has 4 heteroatoms. The van der Waals surface area contributed by atoms with E-state index in [9.17, 15) is 4.79 Å². The number of rotatable bonds is 2. The number of carbonyl (C=O) groups is 1. The van der Waals surface area contributed by atoms with Gasteiger partial charge < -0.3 is 10.5 Å². The van der Waals surface area contributed by atoms with E-state index >= 15 is 0 Å². The summed E-state index contributed by atoms with van der Waals surface area (Å²) >= 11 is 0. The molecule has 4 nitrogen and oxygen atoms in total. The van der Waals surface area contributed by atoms with Gasteiger partial charge in [0.15, 0.2) is 5.78 Å². The van der Waals surface area contributed by atoms with Gasteiger partial charge in [0.1, 0.15) is 5.75 Å². The van der Waals surface area contributed by atoms with Crippen molar-refractivity contribution in [3.8, 4) is 5.75 Å². The number of nitrogens with zero attached hydrogens (tertiary/aromatic N) is 1. The lowest BCUT2D eigenvalue weighted by Crippen LogP contribution is -2.05. The zero-order chi connectivity index (χ0) is 12.6. The Bertz CT molecular complexity index is 606. The molecule has 1 heterocycles. The van der Waals surface area contributed by atoms with Gasteiger partial charge in [-0.2, -0.15) is 0 Å². The van der Waals surface area contributed by atoms with Gasteiger partial charge in [-0.15, -0.1) is 0 Å². The van der Waals surface area contributed by atoms with Gasteiger partial charge in [-0.25, -0.2) is 0 Å². The number of hydrogen-bond acceptors (Lipinski definition) is 4. The largest absolute Gasteiger partial charge is 0.497 e. The van der Waals surface area contributed by atoms with Crippen LogP contribution in [-0.4, -0.2) is 17.9 Å². The lowest BCUT2D eigenvalue weighted by molar-refractivity contribution is 0.101. The number of carbonyl (C=O) groups excluding carboxylic acids is 1. The third-order valence-corrected chi connectivity index (χ3v) is 2.77. The Morgan fingerprint density at radius 3 is 2.71 bits per heavy atom. The molecule has 1 aromatic carbocycles. The summed E-state index contributed by atoms with van der Waals surface area (Å²) in [6.07, 6.45) is 0. The quantitative estimate of drug-likeness (QED) is 0.804. The van der Waals surface area contributed by atoms with Gasteiger partial charge in [-0.3, -0.25) is 9.78 Å². The number of hydrogen-bond donors (Lipinski definition) is 1. The molecule has 2 aromatic rings. The van der Waals surface area contributed by atoms with Gasteiger partial charge >= 0.3 is 0 Å². The molecule has 0 radical (unpaired) electrons. The Morgan fingerprint density at radius 1 is 1.41 bits per heavy atom. The van der Waals surface area contributed by atoms with Crippen molar-refractivity contribution in [3.63, 3.8) is 0 Å². The maximum atomic E-state index is 11.5. The van der Waals surface area contributed by atoms with Crippen LogP contribution in [0.3, 0.4) is 0 Å². The topological polar surface area (TPSA) is 65.2 Å². The number of nitrogen functional groups attached to an aromatic ring is 1. The summed E-state index contributed by atoms with van der Waals surface area (Å²) in [5, 5.41) is 0.779. The minimum Gasteiger partial charge on any atom is -0.497 e. The number of aromatic nitrogens is 1. The molecule has 2 rings (SSSR count). The summed E-state index contributed by atoms with van der Waals surface area (Å²) in [6, 6.07) is 5.44. The Morgan fingerprint density at radius 2 is 2.12 bits per heavy atom. The van der Waals surface area contributed by atoms with E-state index in [1.54, 1.807) is 20.1 Å². The van der Waals surface area contributed by atoms with Crippen molar-refractivity contribution < 1.29 is 9.53 Å². The number of benzene rings is 1. The summed E-state index contributed by atoms with van der Waals surface area (Å²) in [5.41, 5.74) is 8.39. The minimum atomic E-state index is -0.0646. The number of pyridine rings is 1. The average Bonchev–Trinajstić information content (AvgIpc) is 2.27. The lowest BCUT2D eigenvalue weighted by atomic mass is 10.0. The Kier molecular flexibility index (Phi) is 2.71. The predicted molar refractivity (Wildman–Crippen MR) is 67.4 cm³/mol. The summed E-state index contributed by atoms with van der Waals surface area (Å²) in [4.78, 5) is 15.9. The van der Waals surface area contributed by atoms with Crippen molar-refractivity contribution >= 4 is 22.4 Å². The highest BCUT2D eigenvalue weighted by Crippen LogP contribution is 2.28. The Labute approximate surface area is 99.4 Å². The molecule has 0 amide bonds. The predicted octanol–water partition coefficient (Wildman–Crippen LogP) is 2.34. The van der Waals surface area contributed by atoms with Gasteiger partial charge in [0.05, 0.1) is 29.6 Å². The third-order valence-electron chi connectivity index (χ3n) is 2.77. The molecule has 0 aliphatic carbocycles. The molecule has 1 aromatic heterocycles. The van der Waals surface area contributed by atoms with Crippen LogP contribution in [0.5, 0.6) is 5.75 Å². The fourth-order valence-electron chi connectivity index (χ4n) is 1.97. The zero-order valence-electron chi connectivity index (χ0n) is 10.1. The van der Waals surface area contributed by atoms with Crippen LogP contribution in [0.25, 0.3) is 10.9 Å². The van der Waals surface area contributed by atoms with Crippen molar-refractivity contribution in [2.45, 2.75) is 13.8 Å². The summed E-state index contributed by atoms with van der Waals surface area (Å²) < 4.78 is 5.13. The molecule has 0 saturated carbocycles. The molecular formula is C13H14N2O2. The maximum absolute atomic E-state index is 11.5. The second-order valence-electron chi connectivity index (χ2n) is 3.93. The van der Waals surface area contributed by atoms with Crippen molar-refractivity contribution in [1.29, 1.82) is 0 Å². The number of ether oxygens (including phenoxy) is 1. The van der Waals surface area contributed by atoms with Crippen molar-refractivity contribution in [3.05, 3.63) is 29.5 Å². The summed E-state index contributed by atoms with van der Waals surface area (Å²) in [7, 11) is 1.60. The Balaban J connectivity index is 2.81. The fourth-order valence-corrected chi connectivity index (χ4v) is 1.97. The van der Waals surface area contributed by atoms with Crippen LogP contribution in [0.4, 0.5) is 5.69 Å². The summed E-state index contributed by atoms with van der Waals surface area (Å²) in [6.45, 7) is 3.28. The number of anilines is 1. The lowest BCUT2D eigenvalue weighted by Gasteiger charge is -2.10. The fraction of sp³-hybridized carbons (Fsp3) is 0.231. The minimum absolute atomic E-state index is 0.0646. The molecule has 0 fully saturated rings. The first-order chi connectivity index (χ1) is 8.04. The van der Waals surface area contributed by atoms with E-state index in [-0.39, 0.29) is 5.78 Å². The number of methoxy groups -OCH3 is 1. The van der Waals surface area contributed by atoms with Gasteiger partial charge in [-0.1, -0.05) is 0 Å². The number of fused-ring (bicyclic) bond motifs is 1. The first-order valence-corrected chi connectivity index (χ1v) is 5.29. The average molecular weight is 230 g/mol. The highest BCUT2D eigenvalue weighted by molar-refractivity contribution is 6.07. The van der Waals surface area contributed by atoms with Gasteiger partial charge in [0, 0.05) is 11.5 Å². The first kappa shape index (κ1) is 11.4. The molecule has 0 aliphatic heterocycles. The number of Topliss-reactive ketones (excluding diaryl/α,β-unsaturated/α-hetero) is 1. The normalized spacial score (nSPS) is 10.5. The zero-order valence-corrected chi connectivity index (χ0v) is 10.1. The van der Waals surface area contributed by atoms with Crippen LogP contribution in [0.15, 0.2) is 18.2 Å². The van der Waals surface area contributed by atoms with Crippen LogP contribution in [0.1, 0.15) is 23.0 Å². The standard InChI is InChI=1S/C13H14N2O2/c1-7-12(8(2)16)13(14)10-5-4-9(17-3)6-11(10)15-7/h4-6H,1-3H3,(H2,14,15). The van der Waals surface area contributed by atoms with Crippen LogP contribution in [0, 0.1) is 6.92 Å². The van der Waals surface area contributed by atoms with Gasteiger partial charge in [0.25, 0.3) is 0 Å². The molecule has 17 heavy (non-hydrogen) atoms. The van der Waals surface area contributed by atoms with E-state index in [1.807, 2.05) is 12.1 Å². The molecule has 88 valence electrons. The molecule has 2 N–H and O–H groups in total. The number of ketones is 1. The third kappa shape index (κ3) is 1.82. The van der Waals surface area contributed by atoms with E-state index in [0.29, 0.717) is 16.9 Å². The second kappa shape index (κ2) is 4.05. The highest BCUT2D eigenvalue weighted by atomic mass is 16.5.